The van der Waals surface area contributed by atoms with Crippen molar-refractivity contribution in [1.82, 2.24) is 6.24 Å². The van der Waals surface area contributed by atoms with Crippen molar-refractivity contribution in [3.63, 3.8) is 0 Å². The van der Waals surface area contributed by atoms with Gasteiger partial charge in [-0.3, -0.25) is 0 Å². The quantitative estimate of drug-likeness (QED) is 0.0693. The molecule has 0 spiro atoms. The van der Waals surface area contributed by atoms with Crippen LogP contribution in [0.2, 0.25) is 78.6 Å². The molecule has 0 N–H and O–H groups in total. The first kappa shape index (κ1) is 66.0. The predicted octanol–water partition coefficient (Wildman–Crippen LogP) is 16.6. The zero-order chi connectivity index (χ0) is 53.9. The van der Waals surface area contributed by atoms with Crippen molar-refractivity contribution in [1.29, 1.82) is 0 Å². The molecule has 0 amide bonds. The van der Waals surface area contributed by atoms with E-state index in [1.807, 2.05) is 0 Å². The van der Waals surface area contributed by atoms with E-state index >= 15 is 0 Å². The summed E-state index contributed by atoms with van der Waals surface area (Å²) in [6.45, 7) is 73.7. The van der Waals surface area contributed by atoms with E-state index in [0.29, 0.717) is 79.2 Å². The molecule has 5 aliphatic rings. The Labute approximate surface area is 483 Å². The Kier molecular flexibility index (Phi) is 21.8. The third kappa shape index (κ3) is 10.4. The number of rotatable bonds is 20. The van der Waals surface area contributed by atoms with Crippen LogP contribution in [-0.4, -0.2) is 198 Å². The van der Waals surface area contributed by atoms with Crippen molar-refractivity contribution in [2.75, 3.05) is 0 Å². The number of halogens is 2. The number of fused-ring (bicyclic) bond motifs is 10. The van der Waals surface area contributed by atoms with Gasteiger partial charge in [0.15, 0.2) is 0 Å². The van der Waals surface area contributed by atoms with Gasteiger partial charge in [0.25, 0.3) is 0 Å². The van der Waals surface area contributed by atoms with Crippen molar-refractivity contribution in [3.8, 4) is 0 Å². The molecule has 0 saturated carbocycles. The first-order valence-electron chi connectivity index (χ1n) is 28.3. The van der Waals surface area contributed by atoms with Gasteiger partial charge in [0.2, 0.25) is 0 Å². The Bertz CT molecular complexity index is 2120. The first-order chi connectivity index (χ1) is 31.7. The van der Waals surface area contributed by atoms with Crippen molar-refractivity contribution >= 4 is 159 Å². The molecular formula is C50H112Cl2N6P4Si4Sn4. The molecular weight excluding hydrogens is 1470 g/mol. The first-order valence-corrected chi connectivity index (χ1v) is 71.5. The van der Waals surface area contributed by atoms with Crippen LogP contribution in [0.25, 0.3) is 0 Å². The molecule has 0 bridgehead atoms. The molecule has 6 nitrogen and oxygen atoms in total. The molecule has 0 aromatic heterocycles. The molecule has 408 valence electrons. The second-order valence-electron chi connectivity index (χ2n) is 29.3. The van der Waals surface area contributed by atoms with Crippen molar-refractivity contribution in [2.45, 2.75) is 294 Å². The van der Waals surface area contributed by atoms with Crippen LogP contribution in [0.4, 0.5) is 0 Å². The van der Waals surface area contributed by atoms with Crippen molar-refractivity contribution in [2.24, 2.45) is 17.6 Å². The minimum atomic E-state index is -3.13. The zero-order valence-corrected chi connectivity index (χ0v) is 72.9. The van der Waals surface area contributed by atoms with E-state index in [4.69, 9.17) is 35.5 Å². The summed E-state index contributed by atoms with van der Waals surface area (Å²) < 4.78 is 36.0. The fraction of sp³-hybridized carbons (Fsp3) is 0.960. The normalized spacial score (nSPS) is 30.3. The molecule has 10 atom stereocenters. The van der Waals surface area contributed by atoms with Crippen LogP contribution >= 0.6 is 46.1 Å². The number of piperidine rings is 1. The Hall–Kier alpha value is 5.22. The molecule has 5 rings (SSSR count). The topological polar surface area (TPSA) is 55.9 Å². The van der Waals surface area contributed by atoms with E-state index in [1.54, 1.807) is 0 Å². The van der Waals surface area contributed by atoms with Crippen LogP contribution in [0.15, 0.2) is 29.8 Å². The van der Waals surface area contributed by atoms with E-state index in [1.165, 1.54) is 25.7 Å². The summed E-state index contributed by atoms with van der Waals surface area (Å²) in [5.74, 6) is 0. The predicted molar refractivity (Wildman–Crippen MR) is 352 cm³/mol. The van der Waals surface area contributed by atoms with Gasteiger partial charge in [-0.05, 0) is 0 Å². The van der Waals surface area contributed by atoms with E-state index in [9.17, 15) is 0 Å². The summed E-state index contributed by atoms with van der Waals surface area (Å²) in [7, 11) is 1.14. The summed E-state index contributed by atoms with van der Waals surface area (Å²) in [6, 6.07) is 2.47. The van der Waals surface area contributed by atoms with Crippen LogP contribution in [0.5, 0.6) is 0 Å². The third-order valence-corrected chi connectivity index (χ3v) is 139. The second kappa shape index (κ2) is 23.1. The number of hydrogen-bond donors (Lipinski definition) is 0. The molecule has 5 heterocycles. The maximum atomic E-state index is 8.01. The fourth-order valence-electron chi connectivity index (χ4n) is 17.5. The summed E-state index contributed by atoms with van der Waals surface area (Å²) >= 11 is -9.38. The fourth-order valence-corrected chi connectivity index (χ4v) is 223. The molecule has 10 unspecified atom stereocenters. The standard InChI is InChI=1S/C25H55N3P2Si2.C25H53N3P2Si2.2ClH.4Sn.4H/c2*1-20(2)29(21(3)4,27-31(9,10)11)18-24-16-15-17-25(26-24)19-30(22(5)6,23(7)8)28-32(12,13)14;;;;;;;;;;/h18,20-25H,15-17H2,1-14H3;15-16,18,20-25H,17H2,1-14H3;2*1H;;;;;;;;/q2*-1;;;4*+1;;;;/p-2. The zero-order valence-electron chi connectivity index (χ0n) is 50.6. The van der Waals surface area contributed by atoms with Crippen molar-refractivity contribution in [3.05, 3.63) is 12.2 Å². The Balaban J connectivity index is 2.10. The van der Waals surface area contributed by atoms with Gasteiger partial charge in [0.1, 0.15) is 0 Å². The van der Waals surface area contributed by atoms with Gasteiger partial charge >= 0.3 is 489 Å². The van der Waals surface area contributed by atoms with Crippen LogP contribution in [-0.2, 0) is 0 Å². The molecule has 20 heteroatoms. The summed E-state index contributed by atoms with van der Waals surface area (Å²) in [6.07, 6.45) is 11.1. The van der Waals surface area contributed by atoms with Crippen molar-refractivity contribution < 1.29 is 0 Å². The molecule has 4 fully saturated rings. The van der Waals surface area contributed by atoms with Crippen LogP contribution in [0.3, 0.4) is 0 Å². The number of nitrogens with zero attached hydrogens (tertiary/aromatic N) is 6. The Morgan fingerprint density at radius 2 is 0.829 bits per heavy atom. The summed E-state index contributed by atoms with van der Waals surface area (Å²) in [5, 5.41) is 0. The van der Waals surface area contributed by atoms with E-state index < -0.39 is 141 Å². The molecule has 0 aliphatic carbocycles. The van der Waals surface area contributed by atoms with E-state index in [0.717, 1.165) is 0 Å². The Morgan fingerprint density at radius 3 is 1.16 bits per heavy atom. The molecule has 0 aromatic rings. The molecule has 4 saturated heterocycles. The average molecular weight is 1580 g/mol. The molecule has 0 aromatic carbocycles. The molecule has 2 radical (unpaired) electrons. The SMILES string of the molecule is CC(C)P(=N[Si](C)(C)C)(C(C)C)[CH]([SnH][Cl])C1C=CCC2[N]1[SnH]1[C]2(P(=N[Si](C)(C)C)(C(C)C)C(C)C)[SnH]2[N]3C([CH]([SnH][Cl])P(=N[Si](C)(C)C)(C(C)C)C(C)C)CCCC3[C]12P(=N[Si](C)(C)C)(C(C)C)C(C)C. The van der Waals surface area contributed by atoms with Crippen LogP contribution in [0, 0.1) is 0 Å². The van der Waals surface area contributed by atoms with Gasteiger partial charge in [0, 0.05) is 0 Å². The van der Waals surface area contributed by atoms with Crippen LogP contribution < -0.4 is 0 Å². The van der Waals surface area contributed by atoms with Gasteiger partial charge in [-0.15, -0.1) is 0 Å². The van der Waals surface area contributed by atoms with E-state index in [-0.39, 0.29) is 0 Å². The second-order valence-corrected chi connectivity index (χ2v) is 114. The molecule has 70 heavy (non-hydrogen) atoms. The monoisotopic (exact) mass is 1580 g/mol. The van der Waals surface area contributed by atoms with E-state index in [2.05, 4.69) is 208 Å². The van der Waals surface area contributed by atoms with Gasteiger partial charge in [-0.2, -0.15) is 0 Å². The van der Waals surface area contributed by atoms with Gasteiger partial charge in [-0.25, -0.2) is 0 Å². The third-order valence-electron chi connectivity index (χ3n) is 18.1. The summed E-state index contributed by atoms with van der Waals surface area (Å²) in [4.78, 5) is 0. The maximum absolute atomic E-state index is 8.01. The summed E-state index contributed by atoms with van der Waals surface area (Å²) in [5.41, 5.74) is 4.78. The average Bonchev–Trinajstić information content (AvgIpc) is 3.17. The number of hydrogen-bond acceptors (Lipinski definition) is 6. The Morgan fingerprint density at radius 1 is 0.486 bits per heavy atom. The van der Waals surface area contributed by atoms with Gasteiger partial charge in [-0.1, -0.05) is 0 Å². The van der Waals surface area contributed by atoms with Gasteiger partial charge in [0.05, 0.1) is 0 Å². The van der Waals surface area contributed by atoms with Crippen LogP contribution in [0.1, 0.15) is 136 Å². The minimum absolute atomic E-state index is 0.477. The van der Waals surface area contributed by atoms with Gasteiger partial charge < -0.3 is 0 Å². The molecule has 5 aliphatic heterocycles.